The Morgan fingerprint density at radius 1 is 1.23 bits per heavy atom. The maximum Gasteiger partial charge on any atom is 0.222 e. The van der Waals surface area contributed by atoms with Crippen LogP contribution in [0.1, 0.15) is 5.56 Å². The second kappa shape index (κ2) is 6.08. The molecule has 0 unspecified atom stereocenters. The maximum absolute atomic E-state index is 9.20. The molecule has 0 bridgehead atoms. The number of allylic oxidation sites excluding steroid dienone is 1. The fraction of sp³-hybridized carbons (Fsp3) is 0.267. The highest BCUT2D eigenvalue weighted by atomic mass is 16.3. The summed E-state index contributed by atoms with van der Waals surface area (Å²) in [6, 6.07) is 5.31. The number of aliphatic hydroxyl groups excluding tert-OH is 2. The number of nitrogens with two attached hydrogens (primary N) is 1. The van der Waals surface area contributed by atoms with E-state index in [0.29, 0.717) is 17.9 Å². The number of anilines is 2. The number of aliphatic imine (C=N–C) groups is 1. The predicted molar refractivity (Wildman–Crippen MR) is 86.9 cm³/mol. The molecule has 22 heavy (non-hydrogen) atoms. The maximum atomic E-state index is 9.20. The third kappa shape index (κ3) is 2.76. The molecule has 0 amide bonds. The first-order valence-corrected chi connectivity index (χ1v) is 6.96. The van der Waals surface area contributed by atoms with Crippen molar-refractivity contribution < 1.29 is 10.2 Å². The van der Waals surface area contributed by atoms with Crippen molar-refractivity contribution in [2.24, 2.45) is 4.99 Å². The van der Waals surface area contributed by atoms with Gasteiger partial charge in [-0.3, -0.25) is 4.99 Å². The van der Waals surface area contributed by atoms with Crippen LogP contribution in [-0.4, -0.2) is 52.2 Å². The van der Waals surface area contributed by atoms with E-state index >= 15 is 0 Å². The lowest BCUT2D eigenvalue weighted by atomic mass is 10.0. The number of nitrogens with one attached hydrogen (secondary N) is 1. The number of aromatic nitrogens is 2. The first kappa shape index (κ1) is 14.4. The zero-order valence-electron chi connectivity index (χ0n) is 11.9. The fourth-order valence-corrected chi connectivity index (χ4v) is 2.33. The molecule has 2 aromatic rings. The number of hydrogen-bond donors (Lipinski definition) is 4. The molecule has 7 nitrogen and oxygen atoms in total. The highest BCUT2D eigenvalue weighted by Gasteiger charge is 2.13. The van der Waals surface area contributed by atoms with Gasteiger partial charge in [0.2, 0.25) is 5.95 Å². The number of fused-ring (bicyclic) bond motifs is 1. The molecule has 7 heteroatoms. The van der Waals surface area contributed by atoms with Crippen LogP contribution in [0.15, 0.2) is 29.3 Å². The topological polar surface area (TPSA) is 117 Å². The minimum atomic E-state index is -0.497. The second-order valence-electron chi connectivity index (χ2n) is 5.05. The van der Waals surface area contributed by atoms with Gasteiger partial charge in [0.15, 0.2) is 0 Å². The lowest BCUT2D eigenvalue weighted by Crippen LogP contribution is -2.28. The molecule has 1 aliphatic heterocycles. The number of hydrogen-bond acceptors (Lipinski definition) is 7. The Labute approximate surface area is 127 Å². The molecule has 0 fully saturated rings. The van der Waals surface area contributed by atoms with E-state index in [0.717, 1.165) is 16.5 Å². The molecule has 1 aliphatic rings. The Bertz CT molecular complexity index is 753. The number of rotatable bonds is 5. The first-order chi connectivity index (χ1) is 10.7. The van der Waals surface area contributed by atoms with Crippen LogP contribution in [0.5, 0.6) is 0 Å². The summed E-state index contributed by atoms with van der Waals surface area (Å²) in [5.74, 6) is 0.636. The average molecular weight is 299 g/mol. The van der Waals surface area contributed by atoms with Gasteiger partial charge in [0, 0.05) is 11.6 Å². The monoisotopic (exact) mass is 299 g/mol. The number of nitrogen functional groups attached to an aromatic ring is 1. The highest BCUT2D eigenvalue weighted by Crippen LogP contribution is 2.26. The molecule has 114 valence electrons. The SMILES string of the molecule is Nc1nc(NC(CO)CO)c2ccc(C3=CC=NC3)cc2n1. The predicted octanol–water partition coefficient (Wildman–Crippen LogP) is 0.445. The van der Waals surface area contributed by atoms with Crippen molar-refractivity contribution in [3.63, 3.8) is 0 Å². The molecule has 0 saturated carbocycles. The van der Waals surface area contributed by atoms with Crippen molar-refractivity contribution in [3.8, 4) is 0 Å². The van der Waals surface area contributed by atoms with Crippen LogP contribution in [0.2, 0.25) is 0 Å². The van der Waals surface area contributed by atoms with E-state index in [4.69, 9.17) is 5.73 Å². The van der Waals surface area contributed by atoms with Crippen molar-refractivity contribution >= 4 is 34.5 Å². The van der Waals surface area contributed by atoms with E-state index in [9.17, 15) is 10.2 Å². The van der Waals surface area contributed by atoms with Crippen molar-refractivity contribution in [2.75, 3.05) is 30.8 Å². The smallest absolute Gasteiger partial charge is 0.222 e. The number of nitrogens with zero attached hydrogens (tertiary/aromatic N) is 3. The third-order valence-corrected chi connectivity index (χ3v) is 3.51. The molecule has 0 spiro atoms. The summed E-state index contributed by atoms with van der Waals surface area (Å²) in [5.41, 5.74) is 8.62. The highest BCUT2D eigenvalue weighted by molar-refractivity contribution is 5.95. The minimum absolute atomic E-state index is 0.137. The Balaban J connectivity index is 2.02. The van der Waals surface area contributed by atoms with E-state index in [1.54, 1.807) is 6.21 Å². The summed E-state index contributed by atoms with van der Waals surface area (Å²) >= 11 is 0. The minimum Gasteiger partial charge on any atom is -0.394 e. The van der Waals surface area contributed by atoms with Crippen LogP contribution in [0.3, 0.4) is 0 Å². The number of aliphatic hydroxyl groups is 2. The van der Waals surface area contributed by atoms with Crippen LogP contribution in [0, 0.1) is 0 Å². The van der Waals surface area contributed by atoms with Gasteiger partial charge in [-0.15, -0.1) is 0 Å². The largest absolute Gasteiger partial charge is 0.394 e. The van der Waals surface area contributed by atoms with Gasteiger partial charge < -0.3 is 21.3 Å². The van der Waals surface area contributed by atoms with Crippen molar-refractivity contribution in [2.45, 2.75) is 6.04 Å². The Morgan fingerprint density at radius 2 is 2.05 bits per heavy atom. The molecule has 3 rings (SSSR count). The Morgan fingerprint density at radius 3 is 2.73 bits per heavy atom. The fourth-order valence-electron chi connectivity index (χ4n) is 2.33. The van der Waals surface area contributed by atoms with E-state index in [1.807, 2.05) is 24.3 Å². The summed E-state index contributed by atoms with van der Waals surface area (Å²) < 4.78 is 0. The van der Waals surface area contributed by atoms with E-state index in [-0.39, 0.29) is 19.2 Å². The zero-order chi connectivity index (χ0) is 15.5. The molecule has 2 heterocycles. The molecule has 0 aliphatic carbocycles. The molecule has 0 atom stereocenters. The van der Waals surface area contributed by atoms with Gasteiger partial charge >= 0.3 is 0 Å². The van der Waals surface area contributed by atoms with Crippen LogP contribution in [0.25, 0.3) is 16.5 Å². The first-order valence-electron chi connectivity index (χ1n) is 6.96. The summed E-state index contributed by atoms with van der Waals surface area (Å²) in [6.07, 6.45) is 3.76. The van der Waals surface area contributed by atoms with E-state index in [1.165, 1.54) is 0 Å². The summed E-state index contributed by atoms with van der Waals surface area (Å²) in [7, 11) is 0. The van der Waals surface area contributed by atoms with Crippen molar-refractivity contribution in [1.29, 1.82) is 0 Å². The summed E-state index contributed by atoms with van der Waals surface area (Å²) in [6.45, 7) is 0.253. The Hall–Kier alpha value is -2.51. The van der Waals surface area contributed by atoms with E-state index < -0.39 is 6.04 Å². The van der Waals surface area contributed by atoms with Crippen LogP contribution < -0.4 is 11.1 Å². The van der Waals surface area contributed by atoms with Gasteiger partial charge in [-0.1, -0.05) is 6.07 Å². The molecule has 0 saturated heterocycles. The molecule has 1 aromatic heterocycles. The van der Waals surface area contributed by atoms with E-state index in [2.05, 4.69) is 20.3 Å². The quantitative estimate of drug-likeness (QED) is 0.636. The molecule has 0 radical (unpaired) electrons. The summed E-state index contributed by atoms with van der Waals surface area (Å²) in [5, 5.41) is 22.2. The van der Waals surface area contributed by atoms with Gasteiger partial charge in [0.05, 0.1) is 31.3 Å². The van der Waals surface area contributed by atoms with Crippen molar-refractivity contribution in [1.82, 2.24) is 9.97 Å². The van der Waals surface area contributed by atoms with Gasteiger partial charge in [-0.05, 0) is 29.3 Å². The van der Waals surface area contributed by atoms with Gasteiger partial charge in [-0.2, -0.15) is 4.98 Å². The summed E-state index contributed by atoms with van der Waals surface area (Å²) in [4.78, 5) is 12.6. The van der Waals surface area contributed by atoms with Gasteiger partial charge in [0.1, 0.15) is 5.82 Å². The van der Waals surface area contributed by atoms with Crippen LogP contribution >= 0.6 is 0 Å². The lowest BCUT2D eigenvalue weighted by molar-refractivity contribution is 0.203. The second-order valence-corrected chi connectivity index (χ2v) is 5.05. The van der Waals surface area contributed by atoms with Crippen LogP contribution in [-0.2, 0) is 0 Å². The molecular weight excluding hydrogens is 282 g/mol. The third-order valence-electron chi connectivity index (χ3n) is 3.51. The number of benzene rings is 1. The molecular formula is C15H17N5O2. The van der Waals surface area contributed by atoms with Gasteiger partial charge in [0.25, 0.3) is 0 Å². The molecule has 1 aromatic carbocycles. The van der Waals surface area contributed by atoms with Crippen molar-refractivity contribution in [3.05, 3.63) is 29.8 Å². The molecule has 5 N–H and O–H groups in total. The average Bonchev–Trinajstić information content (AvgIpc) is 3.06. The normalized spacial score (nSPS) is 13.9. The van der Waals surface area contributed by atoms with Crippen LogP contribution in [0.4, 0.5) is 11.8 Å². The zero-order valence-corrected chi connectivity index (χ0v) is 11.9. The standard InChI is InChI=1S/C15H17N5O2/c16-15-19-13-5-9(10-3-4-17-6-10)1-2-12(13)14(20-15)18-11(7-21)8-22/h1-5,11,21-22H,6-8H2,(H3,16,18,19,20). The van der Waals surface area contributed by atoms with Gasteiger partial charge in [-0.25, -0.2) is 4.98 Å². The Kier molecular flexibility index (Phi) is 3.99. The lowest BCUT2D eigenvalue weighted by Gasteiger charge is -2.16.